The highest BCUT2D eigenvalue weighted by molar-refractivity contribution is 7.92. The summed E-state index contributed by atoms with van der Waals surface area (Å²) < 4.78 is 33.7. The highest BCUT2D eigenvalue weighted by atomic mass is 32.2. The highest BCUT2D eigenvalue weighted by Gasteiger charge is 2.38. The Balaban J connectivity index is 1.53. The van der Waals surface area contributed by atoms with Crippen LogP contribution in [0, 0.1) is 0 Å². The molecule has 0 radical (unpaired) electrons. The lowest BCUT2D eigenvalue weighted by Gasteiger charge is -2.37. The second-order valence-corrected chi connectivity index (χ2v) is 10.5. The van der Waals surface area contributed by atoms with Crippen molar-refractivity contribution in [3.8, 4) is 5.75 Å². The lowest BCUT2D eigenvalue weighted by Crippen LogP contribution is -2.36. The number of hydrogen-bond donors (Lipinski definition) is 1. The van der Waals surface area contributed by atoms with Crippen LogP contribution in [0.2, 0.25) is 0 Å². The van der Waals surface area contributed by atoms with Crippen LogP contribution in [0.4, 0.5) is 5.69 Å². The number of hydrogen-bond acceptors (Lipinski definition) is 4. The molecule has 0 saturated carbocycles. The van der Waals surface area contributed by atoms with Crippen molar-refractivity contribution in [1.82, 2.24) is 9.55 Å². The zero-order chi connectivity index (χ0) is 25.7. The van der Waals surface area contributed by atoms with Crippen molar-refractivity contribution >= 4 is 15.7 Å². The van der Waals surface area contributed by atoms with Crippen molar-refractivity contribution in [2.24, 2.45) is 0 Å². The van der Waals surface area contributed by atoms with Gasteiger partial charge in [0.25, 0.3) is 0 Å². The molecule has 5 rings (SSSR count). The maximum Gasteiger partial charge on any atom is 0.229 e. The molecule has 4 aromatic carbocycles. The molecular formula is C30H27N3O3S. The van der Waals surface area contributed by atoms with E-state index in [1.54, 1.807) is 24.3 Å². The topological polar surface area (TPSA) is 73.2 Å². The quantitative estimate of drug-likeness (QED) is 0.260. The fraction of sp³-hybridized carbons (Fsp3) is 0.100. The standard InChI is InChI=1S/C30H27N3O3S/c1-37(34,35)32-27-18-11-19-29(20-27)36-22-28-21-33(23-31-28)30(24-12-5-2-6-13-24,25-14-7-3-8-15-25)26-16-9-4-10-17-26/h2-21,23,32H,22H2,1H3. The number of nitrogens with zero attached hydrogens (tertiary/aromatic N) is 2. The zero-order valence-corrected chi connectivity index (χ0v) is 21.2. The molecule has 6 nitrogen and oxygen atoms in total. The van der Waals surface area contributed by atoms with Gasteiger partial charge in [-0.15, -0.1) is 0 Å². The summed E-state index contributed by atoms with van der Waals surface area (Å²) in [5.74, 6) is 0.545. The van der Waals surface area contributed by atoms with Crippen LogP contribution in [-0.2, 0) is 22.2 Å². The zero-order valence-electron chi connectivity index (χ0n) is 20.4. The van der Waals surface area contributed by atoms with Crippen LogP contribution in [0.5, 0.6) is 5.75 Å². The molecule has 0 aliphatic carbocycles. The predicted molar refractivity (Wildman–Crippen MR) is 146 cm³/mol. The van der Waals surface area contributed by atoms with Crippen molar-refractivity contribution in [1.29, 1.82) is 0 Å². The van der Waals surface area contributed by atoms with Gasteiger partial charge in [-0.25, -0.2) is 13.4 Å². The number of nitrogens with one attached hydrogen (secondary N) is 1. The molecule has 0 unspecified atom stereocenters. The molecule has 0 amide bonds. The molecule has 37 heavy (non-hydrogen) atoms. The normalized spacial score (nSPS) is 11.7. The van der Waals surface area contributed by atoms with E-state index < -0.39 is 15.6 Å². The summed E-state index contributed by atoms with van der Waals surface area (Å²) in [4.78, 5) is 4.68. The van der Waals surface area contributed by atoms with Crippen molar-refractivity contribution in [2.45, 2.75) is 12.1 Å². The Bertz CT molecular complexity index is 1470. The molecule has 0 fully saturated rings. The van der Waals surface area contributed by atoms with Crippen LogP contribution in [-0.4, -0.2) is 24.2 Å². The Kier molecular flexibility index (Phi) is 6.79. The van der Waals surface area contributed by atoms with Gasteiger partial charge >= 0.3 is 0 Å². The molecular weight excluding hydrogens is 482 g/mol. The first kappa shape index (κ1) is 24.3. The number of benzene rings is 4. The van der Waals surface area contributed by atoms with E-state index in [0.29, 0.717) is 11.4 Å². The van der Waals surface area contributed by atoms with Gasteiger partial charge in [-0.05, 0) is 28.8 Å². The molecule has 1 aromatic heterocycles. The predicted octanol–water partition coefficient (Wildman–Crippen LogP) is 5.67. The highest BCUT2D eigenvalue weighted by Crippen LogP contribution is 2.40. The number of ether oxygens (including phenoxy) is 1. The maximum atomic E-state index is 11.6. The minimum Gasteiger partial charge on any atom is -0.487 e. The maximum absolute atomic E-state index is 11.6. The molecule has 0 aliphatic heterocycles. The minimum atomic E-state index is -3.37. The van der Waals surface area contributed by atoms with Crippen molar-refractivity contribution in [2.75, 3.05) is 11.0 Å². The Hall–Kier alpha value is -4.36. The average Bonchev–Trinajstić information content (AvgIpc) is 3.38. The van der Waals surface area contributed by atoms with E-state index in [0.717, 1.165) is 28.6 Å². The Morgan fingerprint density at radius 1 is 0.784 bits per heavy atom. The second kappa shape index (κ2) is 10.3. The lowest BCUT2D eigenvalue weighted by atomic mass is 9.77. The second-order valence-electron chi connectivity index (χ2n) is 8.77. The van der Waals surface area contributed by atoms with Crippen molar-refractivity contribution in [3.05, 3.63) is 150 Å². The first-order valence-electron chi connectivity index (χ1n) is 11.9. The Morgan fingerprint density at radius 3 is 1.84 bits per heavy atom. The van der Waals surface area contributed by atoms with Gasteiger partial charge in [-0.3, -0.25) is 4.72 Å². The first-order chi connectivity index (χ1) is 17.9. The van der Waals surface area contributed by atoms with Gasteiger partial charge in [0.15, 0.2) is 0 Å². The van der Waals surface area contributed by atoms with Crippen LogP contribution in [0.3, 0.4) is 0 Å². The van der Waals surface area contributed by atoms with Gasteiger partial charge in [0.05, 0.1) is 24.0 Å². The largest absolute Gasteiger partial charge is 0.487 e. The summed E-state index contributed by atoms with van der Waals surface area (Å²) in [6, 6.07) is 38.0. The molecule has 0 saturated heterocycles. The van der Waals surface area contributed by atoms with E-state index in [2.05, 4.69) is 87.1 Å². The van der Waals surface area contributed by atoms with Crippen LogP contribution >= 0.6 is 0 Å². The molecule has 0 bridgehead atoms. The van der Waals surface area contributed by atoms with Crippen molar-refractivity contribution in [3.63, 3.8) is 0 Å². The van der Waals surface area contributed by atoms with Gasteiger partial charge in [0.1, 0.15) is 17.9 Å². The van der Waals surface area contributed by atoms with E-state index in [1.807, 2.05) is 30.7 Å². The number of imidazole rings is 1. The fourth-order valence-electron chi connectivity index (χ4n) is 4.63. The third-order valence-electron chi connectivity index (χ3n) is 6.12. The molecule has 7 heteroatoms. The molecule has 1 heterocycles. The molecule has 0 aliphatic rings. The Morgan fingerprint density at radius 2 is 1.32 bits per heavy atom. The summed E-state index contributed by atoms with van der Waals surface area (Å²) in [5.41, 5.74) is 3.87. The van der Waals surface area contributed by atoms with Crippen LogP contribution in [0.15, 0.2) is 128 Å². The Labute approximate surface area is 217 Å². The van der Waals surface area contributed by atoms with Gasteiger partial charge in [-0.1, -0.05) is 97.1 Å². The number of sulfonamides is 1. The number of anilines is 1. The molecule has 0 spiro atoms. The molecule has 0 atom stereocenters. The third kappa shape index (κ3) is 5.27. The van der Waals surface area contributed by atoms with Gasteiger partial charge in [0, 0.05) is 12.3 Å². The van der Waals surface area contributed by atoms with Gasteiger partial charge in [-0.2, -0.15) is 0 Å². The smallest absolute Gasteiger partial charge is 0.229 e. The van der Waals surface area contributed by atoms with Crippen molar-refractivity contribution < 1.29 is 13.2 Å². The first-order valence-corrected chi connectivity index (χ1v) is 13.7. The van der Waals surface area contributed by atoms with E-state index in [9.17, 15) is 8.42 Å². The van der Waals surface area contributed by atoms with E-state index >= 15 is 0 Å². The number of rotatable bonds is 9. The SMILES string of the molecule is CS(=O)(=O)Nc1cccc(OCc2cn(C(c3ccccc3)(c3ccccc3)c3ccccc3)cn2)c1. The van der Waals surface area contributed by atoms with E-state index in [1.165, 1.54) is 0 Å². The number of aromatic nitrogens is 2. The summed E-state index contributed by atoms with van der Waals surface area (Å²) in [6.45, 7) is 0.226. The summed E-state index contributed by atoms with van der Waals surface area (Å²) in [6.07, 6.45) is 4.96. The lowest BCUT2D eigenvalue weighted by molar-refractivity contribution is 0.301. The molecule has 5 aromatic rings. The minimum absolute atomic E-state index is 0.226. The van der Waals surface area contributed by atoms with Crippen LogP contribution in [0.25, 0.3) is 0 Å². The average molecular weight is 510 g/mol. The van der Waals surface area contributed by atoms with Gasteiger partial charge < -0.3 is 9.30 Å². The summed E-state index contributed by atoms with van der Waals surface area (Å²) in [5, 5.41) is 0. The van der Waals surface area contributed by atoms with E-state index in [-0.39, 0.29) is 6.61 Å². The molecule has 186 valence electrons. The summed E-state index contributed by atoms with van der Waals surface area (Å²) in [7, 11) is -3.37. The fourth-order valence-corrected chi connectivity index (χ4v) is 5.18. The molecule has 1 N–H and O–H groups in total. The van der Waals surface area contributed by atoms with E-state index in [4.69, 9.17) is 4.74 Å². The van der Waals surface area contributed by atoms with Crippen LogP contribution < -0.4 is 9.46 Å². The monoisotopic (exact) mass is 509 g/mol. The summed E-state index contributed by atoms with van der Waals surface area (Å²) >= 11 is 0. The van der Waals surface area contributed by atoms with Crippen LogP contribution in [0.1, 0.15) is 22.4 Å². The third-order valence-corrected chi connectivity index (χ3v) is 6.73. The van der Waals surface area contributed by atoms with Gasteiger partial charge in [0.2, 0.25) is 10.0 Å².